The molecule has 0 unspecified atom stereocenters. The fourth-order valence-electron chi connectivity index (χ4n) is 0.637. The molecule has 0 fully saturated rings. The molecular formula is C8H8N2OS. The van der Waals surface area contributed by atoms with Crippen LogP contribution in [-0.4, -0.2) is 12.6 Å². The van der Waals surface area contributed by atoms with E-state index >= 15 is 0 Å². The van der Waals surface area contributed by atoms with Gasteiger partial charge in [-0.15, -0.1) is 17.8 Å². The Kier molecular flexibility index (Phi) is 3.17. The van der Waals surface area contributed by atoms with E-state index in [1.54, 1.807) is 0 Å². The van der Waals surface area contributed by atoms with Crippen LogP contribution in [0.1, 0.15) is 0 Å². The third-order valence-corrected chi connectivity index (χ3v) is 1.89. The highest BCUT2D eigenvalue weighted by Crippen LogP contribution is 2.14. The zero-order valence-electron chi connectivity index (χ0n) is 6.33. The summed E-state index contributed by atoms with van der Waals surface area (Å²) in [4.78, 5) is 11.0. The summed E-state index contributed by atoms with van der Waals surface area (Å²) in [5, 5.41) is 7.82. The summed E-state index contributed by atoms with van der Waals surface area (Å²) in [6.45, 7) is 0.247. The Morgan fingerprint density at radius 3 is 3.17 bits per heavy atom. The molecule has 2 N–H and O–H groups in total. The smallest absolute Gasteiger partial charge is 0.320 e. The van der Waals surface area contributed by atoms with Crippen LogP contribution in [0.2, 0.25) is 0 Å². The van der Waals surface area contributed by atoms with E-state index in [-0.39, 0.29) is 12.6 Å². The molecule has 2 amide bonds. The fourth-order valence-corrected chi connectivity index (χ4v) is 1.25. The number of thiophene rings is 1. The Labute approximate surface area is 74.8 Å². The predicted molar refractivity (Wildman–Crippen MR) is 50.2 cm³/mol. The maximum absolute atomic E-state index is 11.0. The monoisotopic (exact) mass is 180 g/mol. The van der Waals surface area contributed by atoms with E-state index in [4.69, 9.17) is 6.42 Å². The minimum atomic E-state index is -0.268. The molecule has 0 aliphatic heterocycles. The zero-order chi connectivity index (χ0) is 8.81. The summed E-state index contributed by atoms with van der Waals surface area (Å²) < 4.78 is 0. The average molecular weight is 180 g/mol. The lowest BCUT2D eigenvalue weighted by Gasteiger charge is -2.00. The van der Waals surface area contributed by atoms with Gasteiger partial charge in [0.2, 0.25) is 0 Å². The summed E-state index contributed by atoms with van der Waals surface area (Å²) >= 11 is 1.46. The second kappa shape index (κ2) is 4.42. The van der Waals surface area contributed by atoms with Crippen LogP contribution in [0.5, 0.6) is 0 Å². The fraction of sp³-hybridized carbons (Fsp3) is 0.125. The first-order valence-corrected chi connectivity index (χ1v) is 4.22. The number of hydrogen-bond donors (Lipinski definition) is 2. The molecule has 0 saturated carbocycles. The molecule has 0 aliphatic rings. The predicted octanol–water partition coefficient (Wildman–Crippen LogP) is 1.50. The number of terminal acetylenes is 1. The number of anilines is 1. The Balaban J connectivity index is 2.33. The van der Waals surface area contributed by atoms with Gasteiger partial charge >= 0.3 is 6.03 Å². The second-order valence-corrected chi connectivity index (χ2v) is 2.94. The van der Waals surface area contributed by atoms with Crippen molar-refractivity contribution in [3.8, 4) is 12.3 Å². The Morgan fingerprint density at radius 2 is 2.58 bits per heavy atom. The van der Waals surface area contributed by atoms with Crippen molar-refractivity contribution in [3.05, 3.63) is 17.5 Å². The lowest BCUT2D eigenvalue weighted by atomic mass is 10.6. The lowest BCUT2D eigenvalue weighted by molar-refractivity contribution is 0.253. The van der Waals surface area contributed by atoms with E-state index in [1.807, 2.05) is 17.5 Å². The number of urea groups is 1. The van der Waals surface area contributed by atoms with E-state index < -0.39 is 0 Å². The molecule has 0 saturated heterocycles. The molecule has 3 nitrogen and oxygen atoms in total. The van der Waals surface area contributed by atoms with Gasteiger partial charge in [0.15, 0.2) is 0 Å². The zero-order valence-corrected chi connectivity index (χ0v) is 7.15. The molecule has 1 heterocycles. The van der Waals surface area contributed by atoms with Gasteiger partial charge in [0.25, 0.3) is 0 Å². The van der Waals surface area contributed by atoms with Gasteiger partial charge in [0, 0.05) is 0 Å². The second-order valence-electron chi connectivity index (χ2n) is 1.99. The van der Waals surface area contributed by atoms with Gasteiger partial charge in [-0.1, -0.05) is 5.92 Å². The standard InChI is InChI=1S/C8H8N2OS/c1-2-5-9-8(11)10-7-4-3-6-12-7/h1,3-4,6H,5H2,(H2,9,10,11). The van der Waals surface area contributed by atoms with Crippen LogP contribution in [-0.2, 0) is 0 Å². The van der Waals surface area contributed by atoms with Crippen molar-refractivity contribution in [2.45, 2.75) is 0 Å². The molecule has 12 heavy (non-hydrogen) atoms. The third-order valence-electron chi connectivity index (χ3n) is 1.11. The van der Waals surface area contributed by atoms with Crippen molar-refractivity contribution in [1.82, 2.24) is 5.32 Å². The maximum atomic E-state index is 11.0. The third kappa shape index (κ3) is 2.64. The summed E-state index contributed by atoms with van der Waals surface area (Å²) in [5.41, 5.74) is 0. The van der Waals surface area contributed by atoms with Gasteiger partial charge in [0.05, 0.1) is 11.5 Å². The Bertz CT molecular complexity index is 287. The van der Waals surface area contributed by atoms with Crippen LogP contribution in [0.3, 0.4) is 0 Å². The molecule has 0 bridgehead atoms. The first-order chi connectivity index (χ1) is 5.83. The highest BCUT2D eigenvalue weighted by atomic mass is 32.1. The van der Waals surface area contributed by atoms with Gasteiger partial charge in [-0.2, -0.15) is 0 Å². The van der Waals surface area contributed by atoms with Crippen LogP contribution in [0.15, 0.2) is 17.5 Å². The first kappa shape index (κ1) is 8.62. The summed E-state index contributed by atoms with van der Waals surface area (Å²) in [6.07, 6.45) is 4.96. The van der Waals surface area contributed by atoms with Crippen molar-refractivity contribution in [1.29, 1.82) is 0 Å². The minimum Gasteiger partial charge on any atom is -0.327 e. The van der Waals surface area contributed by atoms with Crippen molar-refractivity contribution in [2.75, 3.05) is 11.9 Å². The van der Waals surface area contributed by atoms with E-state index in [9.17, 15) is 4.79 Å². The molecule has 1 aromatic rings. The van der Waals surface area contributed by atoms with Crippen molar-refractivity contribution in [2.24, 2.45) is 0 Å². The number of rotatable bonds is 2. The van der Waals surface area contributed by atoms with Gasteiger partial charge < -0.3 is 5.32 Å². The highest BCUT2D eigenvalue weighted by molar-refractivity contribution is 7.14. The quantitative estimate of drug-likeness (QED) is 0.665. The first-order valence-electron chi connectivity index (χ1n) is 3.35. The number of carbonyl (C=O) groups is 1. The maximum Gasteiger partial charge on any atom is 0.320 e. The molecule has 4 heteroatoms. The Hall–Kier alpha value is -1.47. The molecule has 1 aromatic heterocycles. The summed E-state index contributed by atoms with van der Waals surface area (Å²) in [7, 11) is 0. The van der Waals surface area contributed by atoms with E-state index in [0.29, 0.717) is 0 Å². The summed E-state index contributed by atoms with van der Waals surface area (Å²) in [5.74, 6) is 2.31. The molecule has 1 rings (SSSR count). The molecule has 0 atom stereocenters. The number of carbonyl (C=O) groups excluding carboxylic acids is 1. The SMILES string of the molecule is C#CCNC(=O)Nc1cccs1. The van der Waals surface area contributed by atoms with Gasteiger partial charge in [-0.3, -0.25) is 5.32 Å². The molecule has 62 valence electrons. The van der Waals surface area contributed by atoms with E-state index in [0.717, 1.165) is 5.00 Å². The van der Waals surface area contributed by atoms with Crippen molar-refractivity contribution in [3.63, 3.8) is 0 Å². The van der Waals surface area contributed by atoms with Crippen LogP contribution in [0.4, 0.5) is 9.80 Å². The van der Waals surface area contributed by atoms with Crippen LogP contribution >= 0.6 is 11.3 Å². The molecule has 0 aromatic carbocycles. The van der Waals surface area contributed by atoms with Gasteiger partial charge in [-0.25, -0.2) is 4.79 Å². The van der Waals surface area contributed by atoms with Crippen molar-refractivity contribution < 1.29 is 4.79 Å². The van der Waals surface area contributed by atoms with Crippen molar-refractivity contribution >= 4 is 22.4 Å². The normalized spacial score (nSPS) is 8.58. The number of hydrogen-bond acceptors (Lipinski definition) is 2. The molecule has 0 radical (unpaired) electrons. The molecule has 0 aliphatic carbocycles. The largest absolute Gasteiger partial charge is 0.327 e. The Morgan fingerprint density at radius 1 is 1.75 bits per heavy atom. The van der Waals surface area contributed by atoms with Gasteiger partial charge in [0.1, 0.15) is 0 Å². The van der Waals surface area contributed by atoms with Crippen LogP contribution in [0, 0.1) is 12.3 Å². The highest BCUT2D eigenvalue weighted by Gasteiger charge is 1.98. The topological polar surface area (TPSA) is 41.1 Å². The number of amides is 2. The van der Waals surface area contributed by atoms with Crippen LogP contribution < -0.4 is 10.6 Å². The average Bonchev–Trinajstić information content (AvgIpc) is 2.53. The van der Waals surface area contributed by atoms with Gasteiger partial charge in [-0.05, 0) is 17.5 Å². The molecule has 0 spiro atoms. The number of nitrogens with one attached hydrogen (secondary N) is 2. The summed E-state index contributed by atoms with van der Waals surface area (Å²) in [6, 6.07) is 3.41. The molecular weight excluding hydrogens is 172 g/mol. The van der Waals surface area contributed by atoms with E-state index in [1.165, 1.54) is 11.3 Å². The lowest BCUT2D eigenvalue weighted by Crippen LogP contribution is -2.28. The van der Waals surface area contributed by atoms with Crippen LogP contribution in [0.25, 0.3) is 0 Å². The minimum absolute atomic E-state index is 0.247. The van der Waals surface area contributed by atoms with E-state index in [2.05, 4.69) is 16.6 Å².